The third-order valence-electron chi connectivity index (χ3n) is 4.28. The first-order valence-corrected chi connectivity index (χ1v) is 6.35. The number of alkyl halides is 3. The summed E-state index contributed by atoms with van der Waals surface area (Å²) in [5, 5.41) is 17.3. The molecular formula is C12H13F3N3O2-. The lowest BCUT2D eigenvalue weighted by molar-refractivity contribution is -0.255. The Morgan fingerprint density at radius 3 is 2.70 bits per heavy atom. The summed E-state index contributed by atoms with van der Waals surface area (Å²) in [4.78, 5) is 10.8. The smallest absolute Gasteiger partial charge is 0.410 e. The van der Waals surface area contributed by atoms with E-state index < -0.39 is 23.9 Å². The van der Waals surface area contributed by atoms with Crippen molar-refractivity contribution in [3.8, 4) is 0 Å². The summed E-state index contributed by atoms with van der Waals surface area (Å²) >= 11 is 0. The van der Waals surface area contributed by atoms with E-state index in [0.29, 0.717) is 4.68 Å². The van der Waals surface area contributed by atoms with Crippen LogP contribution >= 0.6 is 0 Å². The van der Waals surface area contributed by atoms with Gasteiger partial charge in [-0.2, -0.15) is 18.3 Å². The number of rotatable bonds is 2. The summed E-state index contributed by atoms with van der Waals surface area (Å²) in [6.07, 6.45) is -2.86. The van der Waals surface area contributed by atoms with Crippen LogP contribution in [-0.4, -0.2) is 28.0 Å². The molecule has 0 unspecified atom stereocenters. The van der Waals surface area contributed by atoms with Gasteiger partial charge >= 0.3 is 6.18 Å². The second kappa shape index (κ2) is 3.89. The van der Waals surface area contributed by atoms with Crippen LogP contribution in [0.25, 0.3) is 0 Å². The molecule has 1 aromatic heterocycles. The van der Waals surface area contributed by atoms with E-state index in [0.717, 1.165) is 18.9 Å². The van der Waals surface area contributed by atoms with Crippen molar-refractivity contribution in [2.45, 2.75) is 44.4 Å². The van der Waals surface area contributed by atoms with Crippen LogP contribution < -0.4 is 10.4 Å². The second-order valence-electron chi connectivity index (χ2n) is 5.79. The van der Waals surface area contributed by atoms with Crippen molar-refractivity contribution in [2.75, 3.05) is 5.32 Å². The number of nitrogens with one attached hydrogen (secondary N) is 1. The number of aromatic carboxylic acids is 1. The molecule has 0 saturated heterocycles. The highest BCUT2D eigenvalue weighted by Gasteiger charge is 2.53. The molecule has 5 nitrogen and oxygen atoms in total. The van der Waals surface area contributed by atoms with Crippen LogP contribution in [0.15, 0.2) is 6.07 Å². The summed E-state index contributed by atoms with van der Waals surface area (Å²) < 4.78 is 40.2. The molecule has 1 aliphatic carbocycles. The molecule has 0 aromatic carbocycles. The molecule has 0 amide bonds. The van der Waals surface area contributed by atoms with Gasteiger partial charge in [-0.1, -0.05) is 6.92 Å². The zero-order valence-electron chi connectivity index (χ0n) is 10.7. The topological polar surface area (TPSA) is 70.0 Å². The number of hydrogen-bond donors (Lipinski definition) is 1. The fraction of sp³-hybridized carbons (Fsp3) is 0.667. The number of anilines is 1. The van der Waals surface area contributed by atoms with Gasteiger partial charge in [0, 0.05) is 12.1 Å². The van der Waals surface area contributed by atoms with Gasteiger partial charge in [0.15, 0.2) is 6.04 Å². The molecule has 8 heteroatoms. The molecule has 0 bridgehead atoms. The van der Waals surface area contributed by atoms with E-state index in [9.17, 15) is 23.1 Å². The highest BCUT2D eigenvalue weighted by molar-refractivity contribution is 5.84. The zero-order valence-corrected chi connectivity index (χ0v) is 10.7. The Morgan fingerprint density at radius 1 is 1.55 bits per heavy atom. The van der Waals surface area contributed by atoms with Gasteiger partial charge in [0.05, 0.1) is 5.97 Å². The number of aromatic nitrogens is 2. The van der Waals surface area contributed by atoms with Crippen LogP contribution in [0, 0.1) is 5.41 Å². The molecule has 0 spiro atoms. The molecule has 2 heterocycles. The lowest BCUT2D eigenvalue weighted by atomic mass is 9.90. The minimum Gasteiger partial charge on any atom is -0.543 e. The molecular weight excluding hydrogens is 275 g/mol. The quantitative estimate of drug-likeness (QED) is 0.891. The number of hydrogen-bond acceptors (Lipinski definition) is 4. The van der Waals surface area contributed by atoms with Crippen molar-refractivity contribution >= 4 is 11.8 Å². The predicted octanol–water partition coefficient (Wildman–Crippen LogP) is 1.33. The van der Waals surface area contributed by atoms with Crippen molar-refractivity contribution in [2.24, 2.45) is 5.41 Å². The fourth-order valence-corrected chi connectivity index (χ4v) is 2.68. The van der Waals surface area contributed by atoms with Gasteiger partial charge in [0.1, 0.15) is 11.5 Å². The maximum atomic E-state index is 13.2. The van der Waals surface area contributed by atoms with Gasteiger partial charge < -0.3 is 15.2 Å². The number of nitrogens with zero attached hydrogens (tertiary/aromatic N) is 2. The molecule has 3 rings (SSSR count). The predicted molar refractivity (Wildman–Crippen MR) is 61.0 cm³/mol. The van der Waals surface area contributed by atoms with E-state index in [4.69, 9.17) is 0 Å². The lowest BCUT2D eigenvalue weighted by Gasteiger charge is -2.36. The normalized spacial score (nSPS) is 27.6. The molecule has 2 aliphatic rings. The van der Waals surface area contributed by atoms with Gasteiger partial charge in [-0.05, 0) is 24.7 Å². The van der Waals surface area contributed by atoms with Gasteiger partial charge in [0.2, 0.25) is 0 Å². The largest absolute Gasteiger partial charge is 0.543 e. The third-order valence-corrected chi connectivity index (χ3v) is 4.28. The van der Waals surface area contributed by atoms with Crippen molar-refractivity contribution in [1.82, 2.24) is 9.78 Å². The summed E-state index contributed by atoms with van der Waals surface area (Å²) in [6, 6.07) is -1.02. The van der Waals surface area contributed by atoms with E-state index in [1.807, 2.05) is 6.92 Å². The van der Waals surface area contributed by atoms with Gasteiger partial charge in [0.25, 0.3) is 0 Å². The lowest BCUT2D eigenvalue weighted by Crippen LogP contribution is -2.42. The molecule has 1 aliphatic heterocycles. The minimum atomic E-state index is -4.46. The SMILES string of the molecule is CC1([C@H]2C[C@@H](C(F)(F)F)n3nc(C(=O)[O-])cc3N2)CC1. The minimum absolute atomic E-state index is 0.0934. The van der Waals surface area contributed by atoms with Crippen molar-refractivity contribution < 1.29 is 23.1 Å². The Kier molecular flexibility index (Phi) is 2.58. The van der Waals surface area contributed by atoms with Crippen molar-refractivity contribution in [3.05, 3.63) is 11.8 Å². The van der Waals surface area contributed by atoms with Crippen LogP contribution in [0.2, 0.25) is 0 Å². The Morgan fingerprint density at radius 2 is 2.20 bits per heavy atom. The van der Waals surface area contributed by atoms with Crippen LogP contribution in [0.3, 0.4) is 0 Å². The fourth-order valence-electron chi connectivity index (χ4n) is 2.68. The summed E-state index contributed by atoms with van der Waals surface area (Å²) in [6.45, 7) is 1.93. The first-order valence-electron chi connectivity index (χ1n) is 6.35. The molecule has 1 saturated carbocycles. The Bertz CT molecular complexity index is 563. The summed E-state index contributed by atoms with van der Waals surface area (Å²) in [5.41, 5.74) is -0.635. The van der Waals surface area contributed by atoms with Crippen LogP contribution in [0.5, 0.6) is 0 Å². The second-order valence-corrected chi connectivity index (χ2v) is 5.79. The molecule has 20 heavy (non-hydrogen) atoms. The van der Waals surface area contributed by atoms with Gasteiger partial charge in [-0.25, -0.2) is 4.68 Å². The van der Waals surface area contributed by atoms with E-state index >= 15 is 0 Å². The zero-order chi connectivity index (χ0) is 14.7. The van der Waals surface area contributed by atoms with Crippen molar-refractivity contribution in [3.63, 3.8) is 0 Å². The summed E-state index contributed by atoms with van der Waals surface area (Å²) in [5.74, 6) is -1.49. The first kappa shape index (κ1) is 13.3. The highest BCUT2D eigenvalue weighted by atomic mass is 19.4. The number of carboxylic acids is 1. The Labute approximate surface area is 112 Å². The van der Waals surface area contributed by atoms with Crippen LogP contribution in [-0.2, 0) is 0 Å². The number of halogens is 3. The van der Waals surface area contributed by atoms with E-state index in [1.165, 1.54) is 0 Å². The summed E-state index contributed by atoms with van der Waals surface area (Å²) in [7, 11) is 0. The Balaban J connectivity index is 2.01. The van der Waals surface area contributed by atoms with Crippen LogP contribution in [0.1, 0.15) is 42.7 Å². The molecule has 2 atom stereocenters. The van der Waals surface area contributed by atoms with Gasteiger partial charge in [-0.3, -0.25) is 0 Å². The molecule has 1 N–H and O–H groups in total. The average Bonchev–Trinajstić information content (AvgIpc) is 2.93. The standard InChI is InChI=1S/C12H14F3N3O2/c1-11(2-3-11)7-5-8(12(13,14)15)18-9(16-7)4-6(17-18)10(19)20/h4,7-8,16H,2-3,5H2,1H3,(H,19,20)/p-1/t7-,8+/m1/s1. The maximum absolute atomic E-state index is 13.2. The molecule has 1 aromatic rings. The highest BCUT2D eigenvalue weighted by Crippen LogP contribution is 2.53. The maximum Gasteiger partial charge on any atom is 0.410 e. The molecule has 1 fully saturated rings. The number of carbonyl (C=O) groups excluding carboxylic acids is 1. The van der Waals surface area contributed by atoms with E-state index in [-0.39, 0.29) is 23.7 Å². The first-order chi connectivity index (χ1) is 9.21. The van der Waals surface area contributed by atoms with Gasteiger partial charge in [-0.15, -0.1) is 0 Å². The molecule has 0 radical (unpaired) electrons. The average molecular weight is 288 g/mol. The van der Waals surface area contributed by atoms with Crippen molar-refractivity contribution in [1.29, 1.82) is 0 Å². The van der Waals surface area contributed by atoms with E-state index in [2.05, 4.69) is 10.4 Å². The third kappa shape index (κ3) is 2.03. The number of carbonyl (C=O) groups is 1. The Hall–Kier alpha value is -1.73. The monoisotopic (exact) mass is 288 g/mol. The molecule has 110 valence electrons. The number of carboxylic acid groups (broad SMARTS) is 1. The number of fused-ring (bicyclic) bond motifs is 1. The van der Waals surface area contributed by atoms with E-state index in [1.54, 1.807) is 0 Å². The van der Waals surface area contributed by atoms with Crippen LogP contribution in [0.4, 0.5) is 19.0 Å².